The second-order valence-electron chi connectivity index (χ2n) is 5.95. The van der Waals surface area contributed by atoms with Gasteiger partial charge in [-0.1, -0.05) is 41.6 Å². The van der Waals surface area contributed by atoms with E-state index in [0.29, 0.717) is 11.3 Å². The standard InChI is InChI=1S/C20H16F3N3O3/c1-12-25-17(18(29-12)20(21,22)23)19(27)26-16-9-4-3-8-15(16)14-7-5-6-13(10-14)11-24-28-2/h3-11H,1-2H3,(H,26,27). The predicted molar refractivity (Wildman–Crippen MR) is 101 cm³/mol. The summed E-state index contributed by atoms with van der Waals surface area (Å²) in [6.07, 6.45) is -3.32. The minimum absolute atomic E-state index is 0.249. The molecule has 1 N–H and O–H groups in total. The van der Waals surface area contributed by atoms with Gasteiger partial charge in [0.2, 0.25) is 5.76 Å². The summed E-state index contributed by atoms with van der Waals surface area (Å²) in [5, 5.41) is 6.20. The highest BCUT2D eigenvalue weighted by Gasteiger charge is 2.41. The molecule has 3 rings (SSSR count). The van der Waals surface area contributed by atoms with Crippen LogP contribution in [0.25, 0.3) is 11.1 Å². The number of nitrogens with one attached hydrogen (secondary N) is 1. The third-order valence-corrected chi connectivity index (χ3v) is 3.89. The van der Waals surface area contributed by atoms with E-state index in [1.165, 1.54) is 20.2 Å². The van der Waals surface area contributed by atoms with Crippen LogP contribution >= 0.6 is 0 Å². The Kier molecular flexibility index (Phi) is 5.67. The summed E-state index contributed by atoms with van der Waals surface area (Å²) < 4.78 is 43.9. The number of rotatable bonds is 5. The Morgan fingerprint density at radius 1 is 1.21 bits per heavy atom. The van der Waals surface area contributed by atoms with E-state index in [1.807, 2.05) is 0 Å². The normalized spacial score (nSPS) is 11.6. The summed E-state index contributed by atoms with van der Waals surface area (Å²) in [6, 6.07) is 13.9. The smallest absolute Gasteiger partial charge is 0.436 e. The topological polar surface area (TPSA) is 76.7 Å². The van der Waals surface area contributed by atoms with Gasteiger partial charge in [0.05, 0.1) is 6.21 Å². The summed E-state index contributed by atoms with van der Waals surface area (Å²) in [4.78, 5) is 20.8. The summed E-state index contributed by atoms with van der Waals surface area (Å²) in [7, 11) is 1.42. The monoisotopic (exact) mass is 403 g/mol. The van der Waals surface area contributed by atoms with Crippen LogP contribution in [-0.2, 0) is 11.0 Å². The molecule has 0 saturated carbocycles. The molecule has 6 nitrogen and oxygen atoms in total. The van der Waals surface area contributed by atoms with Gasteiger partial charge in [0.1, 0.15) is 7.11 Å². The van der Waals surface area contributed by atoms with Gasteiger partial charge >= 0.3 is 6.18 Å². The highest BCUT2D eigenvalue weighted by Crippen LogP contribution is 2.34. The van der Waals surface area contributed by atoms with Crippen LogP contribution in [-0.4, -0.2) is 24.2 Å². The van der Waals surface area contributed by atoms with Crippen LogP contribution in [0.4, 0.5) is 18.9 Å². The Morgan fingerprint density at radius 3 is 2.69 bits per heavy atom. The molecule has 29 heavy (non-hydrogen) atoms. The van der Waals surface area contributed by atoms with Crippen molar-refractivity contribution in [2.45, 2.75) is 13.1 Å². The number of halogens is 3. The minimum Gasteiger partial charge on any atom is -0.436 e. The van der Waals surface area contributed by atoms with E-state index in [-0.39, 0.29) is 5.89 Å². The van der Waals surface area contributed by atoms with Crippen molar-refractivity contribution in [2.75, 3.05) is 12.4 Å². The van der Waals surface area contributed by atoms with Crippen LogP contribution < -0.4 is 5.32 Å². The molecule has 0 bridgehead atoms. The van der Waals surface area contributed by atoms with Gasteiger partial charge in [-0.25, -0.2) is 4.98 Å². The molecular weight excluding hydrogens is 387 g/mol. The molecule has 3 aromatic rings. The molecule has 1 amide bonds. The number of amides is 1. The highest BCUT2D eigenvalue weighted by atomic mass is 19.4. The highest BCUT2D eigenvalue weighted by molar-refractivity contribution is 6.05. The quantitative estimate of drug-likeness (QED) is 0.486. The Hall–Kier alpha value is -3.62. The Labute approximate surface area is 164 Å². The molecule has 0 fully saturated rings. The van der Waals surface area contributed by atoms with Crippen LogP contribution in [0.5, 0.6) is 0 Å². The second kappa shape index (κ2) is 8.17. The lowest BCUT2D eigenvalue weighted by Crippen LogP contribution is -2.18. The molecule has 0 aliphatic heterocycles. The summed E-state index contributed by atoms with van der Waals surface area (Å²) in [5.74, 6) is -2.69. The summed E-state index contributed by atoms with van der Waals surface area (Å²) in [5.41, 5.74) is 1.60. The largest absolute Gasteiger partial charge is 0.452 e. The Balaban J connectivity index is 1.95. The molecule has 0 unspecified atom stereocenters. The number of hydrogen-bond donors (Lipinski definition) is 1. The van der Waals surface area contributed by atoms with Crippen LogP contribution in [0, 0.1) is 6.92 Å². The van der Waals surface area contributed by atoms with Crippen molar-refractivity contribution in [3.63, 3.8) is 0 Å². The number of benzene rings is 2. The van der Waals surface area contributed by atoms with Gasteiger partial charge in [0.15, 0.2) is 11.6 Å². The zero-order valence-electron chi connectivity index (χ0n) is 15.4. The molecule has 0 aliphatic rings. The fourth-order valence-electron chi connectivity index (χ4n) is 2.70. The van der Waals surface area contributed by atoms with Crippen molar-refractivity contribution < 1.29 is 27.2 Å². The maximum Gasteiger partial charge on any atom is 0.452 e. The van der Waals surface area contributed by atoms with Gasteiger partial charge in [-0.3, -0.25) is 4.79 Å². The van der Waals surface area contributed by atoms with Crippen LogP contribution in [0.3, 0.4) is 0 Å². The number of carbonyl (C=O) groups is 1. The van der Waals surface area contributed by atoms with Gasteiger partial charge in [-0.2, -0.15) is 13.2 Å². The maximum absolute atomic E-state index is 13.1. The van der Waals surface area contributed by atoms with Gasteiger partial charge in [0.25, 0.3) is 5.91 Å². The molecule has 0 aliphatic carbocycles. The average molecular weight is 403 g/mol. The van der Waals surface area contributed by atoms with Crippen molar-refractivity contribution in [1.82, 2.24) is 4.98 Å². The molecule has 0 saturated heterocycles. The summed E-state index contributed by atoms with van der Waals surface area (Å²) >= 11 is 0. The first-order valence-corrected chi connectivity index (χ1v) is 8.41. The SMILES string of the molecule is CON=Cc1cccc(-c2ccccc2NC(=O)c2nc(C)oc2C(F)(F)F)c1. The number of aryl methyl sites for hydroxylation is 1. The van der Waals surface area contributed by atoms with Gasteiger partial charge in [-0.05, 0) is 23.3 Å². The molecule has 1 heterocycles. The number of nitrogens with zero attached hydrogens (tertiary/aromatic N) is 2. The molecule has 150 valence electrons. The first-order valence-electron chi connectivity index (χ1n) is 8.41. The number of oxazole rings is 1. The lowest BCUT2D eigenvalue weighted by molar-refractivity contribution is -0.153. The lowest BCUT2D eigenvalue weighted by atomic mass is 10.0. The number of para-hydroxylation sites is 1. The zero-order chi connectivity index (χ0) is 21.0. The Morgan fingerprint density at radius 2 is 1.97 bits per heavy atom. The Bertz CT molecular complexity index is 1060. The molecular formula is C20H16F3N3O3. The van der Waals surface area contributed by atoms with Gasteiger partial charge < -0.3 is 14.6 Å². The zero-order valence-corrected chi connectivity index (χ0v) is 15.4. The third kappa shape index (κ3) is 4.63. The van der Waals surface area contributed by atoms with Gasteiger partial charge in [-0.15, -0.1) is 0 Å². The van der Waals surface area contributed by atoms with Crippen molar-refractivity contribution in [3.05, 3.63) is 71.4 Å². The number of aromatic nitrogens is 1. The van der Waals surface area contributed by atoms with Crippen LogP contribution in [0.2, 0.25) is 0 Å². The molecule has 9 heteroatoms. The number of hydrogen-bond acceptors (Lipinski definition) is 5. The van der Waals surface area contributed by atoms with Gasteiger partial charge in [0, 0.05) is 18.2 Å². The molecule has 0 spiro atoms. The second-order valence-corrected chi connectivity index (χ2v) is 5.95. The van der Waals surface area contributed by atoms with Crippen molar-refractivity contribution in [3.8, 4) is 11.1 Å². The predicted octanol–water partition coefficient (Wildman–Crippen LogP) is 4.90. The lowest BCUT2D eigenvalue weighted by Gasteiger charge is -2.12. The molecule has 0 radical (unpaired) electrons. The molecule has 0 atom stereocenters. The van der Waals surface area contributed by atoms with Crippen molar-refractivity contribution in [2.24, 2.45) is 5.16 Å². The number of alkyl halides is 3. The van der Waals surface area contributed by atoms with Crippen LogP contribution in [0.1, 0.15) is 27.7 Å². The first-order chi connectivity index (χ1) is 13.8. The van der Waals surface area contributed by atoms with E-state index in [1.54, 1.807) is 48.5 Å². The fraction of sp³-hybridized carbons (Fsp3) is 0.150. The van der Waals surface area contributed by atoms with E-state index >= 15 is 0 Å². The number of carbonyl (C=O) groups excluding carboxylic acids is 1. The molecule has 2 aromatic carbocycles. The van der Waals surface area contributed by atoms with E-state index in [4.69, 9.17) is 0 Å². The average Bonchev–Trinajstić information content (AvgIpc) is 3.09. The van der Waals surface area contributed by atoms with E-state index in [0.717, 1.165) is 11.1 Å². The summed E-state index contributed by atoms with van der Waals surface area (Å²) in [6.45, 7) is 1.24. The van der Waals surface area contributed by atoms with E-state index < -0.39 is 23.5 Å². The number of oxime groups is 1. The van der Waals surface area contributed by atoms with Crippen molar-refractivity contribution >= 4 is 17.8 Å². The van der Waals surface area contributed by atoms with Crippen LogP contribution in [0.15, 0.2) is 58.1 Å². The van der Waals surface area contributed by atoms with E-state index in [2.05, 4.69) is 24.7 Å². The minimum atomic E-state index is -4.83. The molecule has 1 aromatic heterocycles. The van der Waals surface area contributed by atoms with Crippen molar-refractivity contribution in [1.29, 1.82) is 0 Å². The fourth-order valence-corrected chi connectivity index (χ4v) is 2.70. The number of anilines is 1. The van der Waals surface area contributed by atoms with E-state index in [9.17, 15) is 18.0 Å². The maximum atomic E-state index is 13.1. The third-order valence-electron chi connectivity index (χ3n) is 3.89. The first kappa shape index (κ1) is 20.1.